The van der Waals surface area contributed by atoms with Crippen LogP contribution in [0.25, 0.3) is 0 Å². The molecule has 0 spiro atoms. The molecule has 0 radical (unpaired) electrons. The number of nitrogens with one attached hydrogen (secondary N) is 1. The van der Waals surface area contributed by atoms with Crippen molar-refractivity contribution in [3.63, 3.8) is 0 Å². The maximum atomic E-state index is 12.3. The van der Waals surface area contributed by atoms with E-state index in [0.717, 1.165) is 0 Å². The van der Waals surface area contributed by atoms with Gasteiger partial charge >= 0.3 is 5.97 Å². The number of benzene rings is 2. The molecule has 0 amide bonds. The van der Waals surface area contributed by atoms with E-state index in [0.29, 0.717) is 0 Å². The highest BCUT2D eigenvalue weighted by atomic mass is 32.2. The van der Waals surface area contributed by atoms with Gasteiger partial charge in [-0.2, -0.15) is 0 Å². The molecule has 0 unspecified atom stereocenters. The first kappa shape index (κ1) is 14.9. The average molecular weight is 306 g/mol. The monoisotopic (exact) mass is 306 g/mol. The van der Waals surface area contributed by atoms with Gasteiger partial charge in [0, 0.05) is 0 Å². The van der Waals surface area contributed by atoms with Crippen LogP contribution in [0.15, 0.2) is 53.4 Å². The van der Waals surface area contributed by atoms with E-state index in [1.165, 1.54) is 31.4 Å². The van der Waals surface area contributed by atoms with Gasteiger partial charge < -0.3 is 10.5 Å². The van der Waals surface area contributed by atoms with Crippen molar-refractivity contribution in [1.82, 2.24) is 0 Å². The number of ether oxygens (including phenoxy) is 1. The molecule has 6 nitrogen and oxygen atoms in total. The fraction of sp³-hybridized carbons (Fsp3) is 0.0714. The predicted molar refractivity (Wildman–Crippen MR) is 79.4 cm³/mol. The summed E-state index contributed by atoms with van der Waals surface area (Å²) in [7, 11) is -2.67. The van der Waals surface area contributed by atoms with Crippen molar-refractivity contribution < 1.29 is 17.9 Å². The average Bonchev–Trinajstić information content (AvgIpc) is 2.47. The summed E-state index contributed by atoms with van der Waals surface area (Å²) >= 11 is 0. The van der Waals surface area contributed by atoms with Gasteiger partial charge in [0.2, 0.25) is 0 Å². The Kier molecular flexibility index (Phi) is 4.13. The highest BCUT2D eigenvalue weighted by molar-refractivity contribution is 7.92. The van der Waals surface area contributed by atoms with Gasteiger partial charge in [-0.1, -0.05) is 24.3 Å². The summed E-state index contributed by atoms with van der Waals surface area (Å²) in [5, 5.41) is 0. The zero-order valence-electron chi connectivity index (χ0n) is 11.2. The SMILES string of the molecule is COC(=O)c1ccccc1NS(=O)(=O)c1ccccc1N. The van der Waals surface area contributed by atoms with E-state index in [1.54, 1.807) is 24.3 Å². The lowest BCUT2D eigenvalue weighted by molar-refractivity contribution is 0.0602. The topological polar surface area (TPSA) is 98.5 Å². The normalized spacial score (nSPS) is 10.9. The molecule has 0 aliphatic carbocycles. The maximum absolute atomic E-state index is 12.3. The van der Waals surface area contributed by atoms with Crippen LogP contribution >= 0.6 is 0 Å². The van der Waals surface area contributed by atoms with Gasteiger partial charge in [-0.15, -0.1) is 0 Å². The van der Waals surface area contributed by atoms with Crippen molar-refractivity contribution in [2.24, 2.45) is 0 Å². The summed E-state index contributed by atoms with van der Waals surface area (Å²) in [6.45, 7) is 0. The predicted octanol–water partition coefficient (Wildman–Crippen LogP) is 1.86. The molecule has 0 aromatic heterocycles. The molecule has 2 aromatic carbocycles. The van der Waals surface area contributed by atoms with Crippen LogP contribution in [0.5, 0.6) is 0 Å². The van der Waals surface area contributed by atoms with Gasteiger partial charge in [-0.25, -0.2) is 13.2 Å². The third-order valence-corrected chi connectivity index (χ3v) is 4.22. The highest BCUT2D eigenvalue weighted by Crippen LogP contribution is 2.23. The van der Waals surface area contributed by atoms with Crippen LogP contribution in [0.3, 0.4) is 0 Å². The summed E-state index contributed by atoms with van der Waals surface area (Å²) in [6, 6.07) is 12.2. The number of carbonyl (C=O) groups is 1. The van der Waals surface area contributed by atoms with E-state index in [4.69, 9.17) is 5.73 Å². The lowest BCUT2D eigenvalue weighted by Gasteiger charge is -2.12. The van der Waals surface area contributed by atoms with Crippen LogP contribution in [0.4, 0.5) is 11.4 Å². The third-order valence-electron chi connectivity index (χ3n) is 2.79. The van der Waals surface area contributed by atoms with Gasteiger partial charge in [0.15, 0.2) is 0 Å². The van der Waals surface area contributed by atoms with E-state index in [-0.39, 0.29) is 21.8 Å². The Hall–Kier alpha value is -2.54. The van der Waals surface area contributed by atoms with Crippen LogP contribution in [0.1, 0.15) is 10.4 Å². The molecule has 7 heteroatoms. The van der Waals surface area contributed by atoms with Crippen LogP contribution in [0.2, 0.25) is 0 Å². The fourth-order valence-electron chi connectivity index (χ4n) is 1.79. The van der Waals surface area contributed by atoms with E-state index in [9.17, 15) is 13.2 Å². The molecule has 0 saturated carbocycles. The molecular weight excluding hydrogens is 292 g/mol. The number of rotatable bonds is 4. The third kappa shape index (κ3) is 3.14. The van der Waals surface area contributed by atoms with Gasteiger partial charge in [0.1, 0.15) is 4.90 Å². The maximum Gasteiger partial charge on any atom is 0.339 e. The summed E-state index contributed by atoms with van der Waals surface area (Å²) in [5.41, 5.74) is 6.05. The first-order valence-electron chi connectivity index (χ1n) is 6.00. The first-order valence-corrected chi connectivity index (χ1v) is 7.48. The minimum Gasteiger partial charge on any atom is -0.465 e. The molecule has 0 aliphatic rings. The lowest BCUT2D eigenvalue weighted by atomic mass is 10.2. The van der Waals surface area contributed by atoms with Crippen molar-refractivity contribution in [3.8, 4) is 0 Å². The lowest BCUT2D eigenvalue weighted by Crippen LogP contribution is -2.17. The zero-order chi connectivity index (χ0) is 15.5. The number of methoxy groups -OCH3 is 1. The van der Waals surface area contributed by atoms with Crippen molar-refractivity contribution >= 4 is 27.4 Å². The first-order chi connectivity index (χ1) is 9.95. The van der Waals surface area contributed by atoms with Crippen molar-refractivity contribution in [2.45, 2.75) is 4.90 Å². The molecule has 2 aromatic rings. The Labute approximate surface area is 122 Å². The molecule has 0 aliphatic heterocycles. The smallest absolute Gasteiger partial charge is 0.339 e. The molecule has 2 rings (SSSR count). The number of nitrogen functional groups attached to an aromatic ring is 1. The highest BCUT2D eigenvalue weighted by Gasteiger charge is 2.20. The molecule has 0 atom stereocenters. The number of anilines is 2. The zero-order valence-corrected chi connectivity index (χ0v) is 12.1. The molecule has 0 saturated heterocycles. The fourth-order valence-corrected chi connectivity index (χ4v) is 3.00. The summed E-state index contributed by atoms with van der Waals surface area (Å²) in [6.07, 6.45) is 0. The van der Waals surface area contributed by atoms with E-state index >= 15 is 0 Å². The molecule has 21 heavy (non-hydrogen) atoms. The van der Waals surface area contributed by atoms with E-state index in [2.05, 4.69) is 9.46 Å². The van der Waals surface area contributed by atoms with Gasteiger partial charge in [-0.3, -0.25) is 4.72 Å². The molecule has 3 N–H and O–H groups in total. The Bertz CT molecular complexity index is 772. The summed E-state index contributed by atoms with van der Waals surface area (Å²) in [5.74, 6) is -0.630. The van der Waals surface area contributed by atoms with E-state index < -0.39 is 16.0 Å². The molecule has 0 bridgehead atoms. The van der Waals surface area contributed by atoms with Crippen molar-refractivity contribution in [3.05, 3.63) is 54.1 Å². The number of nitrogens with two attached hydrogens (primary N) is 1. The van der Waals surface area contributed by atoms with Gasteiger partial charge in [-0.05, 0) is 24.3 Å². The second kappa shape index (κ2) is 5.84. The van der Waals surface area contributed by atoms with Crippen LogP contribution in [0, 0.1) is 0 Å². The Balaban J connectivity index is 2.43. The van der Waals surface area contributed by atoms with Crippen LogP contribution in [-0.4, -0.2) is 21.5 Å². The van der Waals surface area contributed by atoms with Gasteiger partial charge in [0.05, 0.1) is 24.0 Å². The molecular formula is C14H14N2O4S. The standard InChI is InChI=1S/C14H14N2O4S/c1-20-14(17)10-6-2-4-8-12(10)16-21(18,19)13-9-5-3-7-11(13)15/h2-9,16H,15H2,1H3. The number of esters is 1. The largest absolute Gasteiger partial charge is 0.465 e. The number of hydrogen-bond donors (Lipinski definition) is 2. The van der Waals surface area contributed by atoms with Crippen molar-refractivity contribution in [1.29, 1.82) is 0 Å². The number of para-hydroxylation sites is 2. The number of hydrogen-bond acceptors (Lipinski definition) is 5. The number of carbonyl (C=O) groups excluding carboxylic acids is 1. The van der Waals surface area contributed by atoms with E-state index in [1.807, 2.05) is 0 Å². The van der Waals surface area contributed by atoms with Crippen molar-refractivity contribution in [2.75, 3.05) is 17.6 Å². The molecule has 0 heterocycles. The Morgan fingerprint density at radius 3 is 2.38 bits per heavy atom. The van der Waals surface area contributed by atoms with Crippen LogP contribution in [-0.2, 0) is 14.8 Å². The second-order valence-corrected chi connectivity index (χ2v) is 5.83. The quantitative estimate of drug-likeness (QED) is 0.663. The Morgan fingerprint density at radius 1 is 1.10 bits per heavy atom. The molecule has 0 fully saturated rings. The second-order valence-electron chi connectivity index (χ2n) is 4.18. The molecule has 110 valence electrons. The van der Waals surface area contributed by atoms with Crippen LogP contribution < -0.4 is 10.5 Å². The minimum absolute atomic E-state index is 0.0512. The summed E-state index contributed by atoms with van der Waals surface area (Å²) in [4.78, 5) is 11.6. The minimum atomic E-state index is -3.89. The Morgan fingerprint density at radius 2 is 1.71 bits per heavy atom. The summed E-state index contributed by atoms with van der Waals surface area (Å²) < 4.78 is 31.7. The number of sulfonamides is 1. The van der Waals surface area contributed by atoms with Gasteiger partial charge in [0.25, 0.3) is 10.0 Å².